The van der Waals surface area contributed by atoms with E-state index in [9.17, 15) is 4.79 Å². The molecule has 0 atom stereocenters. The van der Waals surface area contributed by atoms with Gasteiger partial charge in [0.2, 0.25) is 5.95 Å². The van der Waals surface area contributed by atoms with Crippen LogP contribution in [0.1, 0.15) is 0 Å². The molecule has 0 fully saturated rings. The minimum absolute atomic E-state index is 0.106. The lowest BCUT2D eigenvalue weighted by Gasteiger charge is -1.96. The van der Waals surface area contributed by atoms with Gasteiger partial charge in [0.25, 0.3) is 0 Å². The Balaban J connectivity index is 2.12. The Morgan fingerprint density at radius 3 is 2.50 bits per heavy atom. The van der Waals surface area contributed by atoms with E-state index >= 15 is 0 Å². The topological polar surface area (TPSA) is 55.6 Å². The maximum atomic E-state index is 12.4. The molecule has 0 bridgehead atoms. The predicted octanol–water partition coefficient (Wildman–Crippen LogP) is 2.21. The van der Waals surface area contributed by atoms with E-state index in [4.69, 9.17) is 0 Å². The summed E-state index contributed by atoms with van der Waals surface area (Å²) < 4.78 is 3.23. The molecule has 2 aromatic carbocycles. The van der Waals surface area contributed by atoms with Crippen LogP contribution >= 0.6 is 0 Å². The number of aromatic amines is 1. The molecule has 0 aliphatic heterocycles. The zero-order valence-electron chi connectivity index (χ0n) is 10.9. The SMILES string of the molecule is Cn1c(=O)n(-c2nc3ccccc3[nH]2)c2ccccc21. The lowest BCUT2D eigenvalue weighted by molar-refractivity contribution is 0.826. The van der Waals surface area contributed by atoms with Gasteiger partial charge in [-0.25, -0.2) is 14.3 Å². The molecule has 2 aromatic heterocycles. The first-order valence-corrected chi connectivity index (χ1v) is 6.37. The van der Waals surface area contributed by atoms with E-state index in [1.165, 1.54) is 0 Å². The van der Waals surface area contributed by atoms with Gasteiger partial charge in [-0.3, -0.25) is 4.57 Å². The zero-order chi connectivity index (χ0) is 13.7. The van der Waals surface area contributed by atoms with Crippen LogP contribution in [0.15, 0.2) is 53.3 Å². The second-order valence-electron chi connectivity index (χ2n) is 4.74. The maximum Gasteiger partial charge on any atom is 0.335 e. The Bertz CT molecular complexity index is 957. The van der Waals surface area contributed by atoms with Crippen molar-refractivity contribution in [2.45, 2.75) is 0 Å². The molecule has 20 heavy (non-hydrogen) atoms. The average molecular weight is 264 g/mol. The minimum atomic E-state index is -0.106. The fourth-order valence-electron chi connectivity index (χ4n) is 2.54. The predicted molar refractivity (Wildman–Crippen MR) is 78.2 cm³/mol. The summed E-state index contributed by atoms with van der Waals surface area (Å²) in [6, 6.07) is 15.4. The fraction of sp³-hybridized carbons (Fsp3) is 0.0667. The van der Waals surface area contributed by atoms with E-state index < -0.39 is 0 Å². The molecule has 0 unspecified atom stereocenters. The molecule has 0 aliphatic rings. The summed E-state index contributed by atoms with van der Waals surface area (Å²) in [5.74, 6) is 0.549. The molecule has 0 saturated heterocycles. The number of nitrogens with zero attached hydrogens (tertiary/aromatic N) is 3. The molecular weight excluding hydrogens is 252 g/mol. The van der Waals surface area contributed by atoms with Crippen molar-refractivity contribution in [3.63, 3.8) is 0 Å². The Morgan fingerprint density at radius 1 is 1.00 bits per heavy atom. The average Bonchev–Trinajstić information content (AvgIpc) is 3.00. The van der Waals surface area contributed by atoms with Gasteiger partial charge in [0, 0.05) is 7.05 Å². The highest BCUT2D eigenvalue weighted by Crippen LogP contribution is 2.17. The lowest BCUT2D eigenvalue weighted by atomic mass is 10.3. The zero-order valence-corrected chi connectivity index (χ0v) is 10.9. The summed E-state index contributed by atoms with van der Waals surface area (Å²) in [5, 5.41) is 0. The van der Waals surface area contributed by atoms with Crippen molar-refractivity contribution >= 4 is 22.1 Å². The van der Waals surface area contributed by atoms with E-state index in [0.717, 1.165) is 22.1 Å². The first-order valence-electron chi connectivity index (χ1n) is 6.37. The number of H-pyrrole nitrogens is 1. The molecular formula is C15H12N4O. The van der Waals surface area contributed by atoms with Crippen LogP contribution in [0.3, 0.4) is 0 Å². The highest BCUT2D eigenvalue weighted by atomic mass is 16.1. The fourth-order valence-corrected chi connectivity index (χ4v) is 2.54. The summed E-state index contributed by atoms with van der Waals surface area (Å²) in [5.41, 5.74) is 3.40. The van der Waals surface area contributed by atoms with Gasteiger partial charge in [0.1, 0.15) is 0 Å². The van der Waals surface area contributed by atoms with Crippen molar-refractivity contribution in [3.05, 3.63) is 59.0 Å². The van der Waals surface area contributed by atoms with Gasteiger partial charge in [-0.1, -0.05) is 24.3 Å². The molecule has 0 aliphatic carbocycles. The van der Waals surface area contributed by atoms with Gasteiger partial charge < -0.3 is 4.98 Å². The molecule has 2 heterocycles. The van der Waals surface area contributed by atoms with Crippen LogP contribution in [0, 0.1) is 0 Å². The van der Waals surface area contributed by atoms with Gasteiger partial charge in [0.05, 0.1) is 22.1 Å². The number of aryl methyl sites for hydroxylation is 1. The molecule has 1 N–H and O–H groups in total. The first-order chi connectivity index (χ1) is 9.75. The Labute approximate surface area is 114 Å². The third kappa shape index (κ3) is 1.37. The Morgan fingerprint density at radius 2 is 1.70 bits per heavy atom. The third-order valence-electron chi connectivity index (χ3n) is 3.55. The summed E-state index contributed by atoms with van der Waals surface area (Å²) in [6.07, 6.45) is 0. The Hall–Kier alpha value is -2.82. The van der Waals surface area contributed by atoms with Gasteiger partial charge in [-0.05, 0) is 24.3 Å². The molecule has 98 valence electrons. The third-order valence-corrected chi connectivity index (χ3v) is 3.55. The van der Waals surface area contributed by atoms with E-state index in [1.807, 2.05) is 48.5 Å². The molecule has 0 radical (unpaired) electrons. The van der Waals surface area contributed by atoms with Crippen LogP contribution in [-0.2, 0) is 7.05 Å². The van der Waals surface area contributed by atoms with E-state index in [0.29, 0.717) is 5.95 Å². The first kappa shape index (κ1) is 11.0. The second-order valence-corrected chi connectivity index (χ2v) is 4.74. The van der Waals surface area contributed by atoms with Crippen molar-refractivity contribution in [2.75, 3.05) is 0 Å². The lowest BCUT2D eigenvalue weighted by Crippen LogP contribution is -2.21. The number of hydrogen-bond donors (Lipinski definition) is 1. The van der Waals surface area contributed by atoms with Crippen molar-refractivity contribution < 1.29 is 0 Å². The van der Waals surface area contributed by atoms with Crippen molar-refractivity contribution in [1.82, 2.24) is 19.1 Å². The maximum absolute atomic E-state index is 12.4. The van der Waals surface area contributed by atoms with Crippen LogP contribution in [0.2, 0.25) is 0 Å². The molecule has 0 saturated carbocycles. The number of hydrogen-bond acceptors (Lipinski definition) is 2. The molecule has 0 amide bonds. The van der Waals surface area contributed by atoms with Crippen LogP contribution in [0.25, 0.3) is 28.0 Å². The number of para-hydroxylation sites is 4. The quantitative estimate of drug-likeness (QED) is 0.573. The van der Waals surface area contributed by atoms with Gasteiger partial charge >= 0.3 is 5.69 Å². The number of imidazole rings is 2. The molecule has 4 rings (SSSR count). The molecule has 5 heteroatoms. The second kappa shape index (κ2) is 3.84. The van der Waals surface area contributed by atoms with E-state index in [2.05, 4.69) is 9.97 Å². The number of rotatable bonds is 1. The summed E-state index contributed by atoms with van der Waals surface area (Å²) in [7, 11) is 1.77. The van der Waals surface area contributed by atoms with Gasteiger partial charge in [0.15, 0.2) is 0 Å². The van der Waals surface area contributed by atoms with Crippen LogP contribution in [-0.4, -0.2) is 19.1 Å². The number of fused-ring (bicyclic) bond motifs is 2. The van der Waals surface area contributed by atoms with E-state index in [1.54, 1.807) is 16.2 Å². The van der Waals surface area contributed by atoms with Crippen LogP contribution in [0.4, 0.5) is 0 Å². The molecule has 5 nitrogen and oxygen atoms in total. The molecule has 0 spiro atoms. The van der Waals surface area contributed by atoms with Crippen molar-refractivity contribution in [3.8, 4) is 5.95 Å². The Kier molecular flexibility index (Phi) is 2.12. The largest absolute Gasteiger partial charge is 0.335 e. The van der Waals surface area contributed by atoms with Crippen LogP contribution in [0.5, 0.6) is 0 Å². The van der Waals surface area contributed by atoms with Crippen molar-refractivity contribution in [1.29, 1.82) is 0 Å². The van der Waals surface area contributed by atoms with Crippen LogP contribution < -0.4 is 5.69 Å². The van der Waals surface area contributed by atoms with Gasteiger partial charge in [-0.2, -0.15) is 0 Å². The van der Waals surface area contributed by atoms with Crippen molar-refractivity contribution in [2.24, 2.45) is 7.05 Å². The summed E-state index contributed by atoms with van der Waals surface area (Å²) in [4.78, 5) is 20.1. The number of aromatic nitrogens is 4. The monoisotopic (exact) mass is 264 g/mol. The van der Waals surface area contributed by atoms with Gasteiger partial charge in [-0.15, -0.1) is 0 Å². The number of nitrogens with one attached hydrogen (secondary N) is 1. The molecule has 4 aromatic rings. The van der Waals surface area contributed by atoms with E-state index in [-0.39, 0.29) is 5.69 Å². The highest BCUT2D eigenvalue weighted by molar-refractivity contribution is 5.80. The standard InChI is InChI=1S/C15H12N4O/c1-18-12-8-4-5-9-13(12)19(15(18)20)14-16-10-6-2-3-7-11(10)17-14/h2-9H,1H3,(H,16,17). The summed E-state index contributed by atoms with van der Waals surface area (Å²) in [6.45, 7) is 0. The normalized spacial score (nSPS) is 11.4. The minimum Gasteiger partial charge on any atom is -0.323 e. The number of benzene rings is 2. The smallest absolute Gasteiger partial charge is 0.323 e. The summed E-state index contributed by atoms with van der Waals surface area (Å²) >= 11 is 0. The highest BCUT2D eigenvalue weighted by Gasteiger charge is 2.14.